The van der Waals surface area contributed by atoms with E-state index in [0.29, 0.717) is 12.5 Å². The summed E-state index contributed by atoms with van der Waals surface area (Å²) in [6.45, 7) is 0.402. The van der Waals surface area contributed by atoms with Gasteiger partial charge in [-0.25, -0.2) is 13.1 Å². The molecule has 1 atom stereocenters. The lowest BCUT2D eigenvalue weighted by Crippen LogP contribution is -2.32. The SMILES string of the molecule is O=S(=O)(CC1CCCCC1)NCC(Br)c1ccccc1. The van der Waals surface area contributed by atoms with E-state index in [9.17, 15) is 8.42 Å². The lowest BCUT2D eigenvalue weighted by atomic mass is 9.91. The molecule has 2 rings (SSSR count). The highest BCUT2D eigenvalue weighted by molar-refractivity contribution is 9.09. The second kappa shape index (κ2) is 7.57. The molecule has 0 amide bonds. The monoisotopic (exact) mass is 359 g/mol. The van der Waals surface area contributed by atoms with Gasteiger partial charge in [0.2, 0.25) is 10.0 Å². The Hall–Kier alpha value is -0.390. The fourth-order valence-electron chi connectivity index (χ4n) is 2.70. The van der Waals surface area contributed by atoms with Gasteiger partial charge in [0.25, 0.3) is 0 Å². The topological polar surface area (TPSA) is 46.2 Å². The first-order valence-electron chi connectivity index (χ1n) is 7.23. The Kier molecular flexibility index (Phi) is 6.05. The van der Waals surface area contributed by atoms with Crippen molar-refractivity contribution in [1.29, 1.82) is 0 Å². The van der Waals surface area contributed by atoms with Crippen molar-refractivity contribution in [1.82, 2.24) is 4.72 Å². The number of benzene rings is 1. The molecule has 20 heavy (non-hydrogen) atoms. The molecule has 1 aliphatic carbocycles. The zero-order valence-electron chi connectivity index (χ0n) is 11.6. The summed E-state index contributed by atoms with van der Waals surface area (Å²) in [5.41, 5.74) is 1.09. The Morgan fingerprint density at radius 3 is 2.45 bits per heavy atom. The molecule has 0 aromatic heterocycles. The molecule has 0 heterocycles. The van der Waals surface area contributed by atoms with Crippen LogP contribution in [0.25, 0.3) is 0 Å². The van der Waals surface area contributed by atoms with Gasteiger partial charge in [0.05, 0.1) is 10.6 Å². The lowest BCUT2D eigenvalue weighted by molar-refractivity contribution is 0.384. The van der Waals surface area contributed by atoms with Crippen LogP contribution in [0.3, 0.4) is 0 Å². The van der Waals surface area contributed by atoms with E-state index < -0.39 is 10.0 Å². The third-order valence-corrected chi connectivity index (χ3v) is 6.19. The quantitative estimate of drug-likeness (QED) is 0.788. The second-order valence-electron chi connectivity index (χ2n) is 5.51. The standard InChI is InChI=1S/C15H22BrNO2S/c16-15(14-9-5-2-6-10-14)11-17-20(18,19)12-13-7-3-1-4-8-13/h2,5-6,9-10,13,15,17H,1,3-4,7-8,11-12H2. The maximum atomic E-state index is 12.1. The zero-order chi connectivity index (χ0) is 14.4. The van der Waals surface area contributed by atoms with E-state index in [0.717, 1.165) is 18.4 Å². The first-order chi connectivity index (χ1) is 9.57. The van der Waals surface area contributed by atoms with Crippen molar-refractivity contribution >= 4 is 26.0 Å². The number of alkyl halides is 1. The first-order valence-corrected chi connectivity index (χ1v) is 9.80. The molecule has 0 bridgehead atoms. The van der Waals surface area contributed by atoms with Gasteiger partial charge in [-0.05, 0) is 24.3 Å². The summed E-state index contributed by atoms with van der Waals surface area (Å²) >= 11 is 3.54. The van der Waals surface area contributed by atoms with E-state index in [4.69, 9.17) is 0 Å². The van der Waals surface area contributed by atoms with Gasteiger partial charge in [-0.3, -0.25) is 0 Å². The maximum Gasteiger partial charge on any atom is 0.211 e. The smallest absolute Gasteiger partial charge is 0.211 e. The molecule has 0 spiro atoms. The number of nitrogens with one attached hydrogen (secondary N) is 1. The molecule has 0 saturated heterocycles. The lowest BCUT2D eigenvalue weighted by Gasteiger charge is -2.21. The number of halogens is 1. The van der Waals surface area contributed by atoms with Gasteiger partial charge >= 0.3 is 0 Å². The molecule has 1 aromatic rings. The summed E-state index contributed by atoms with van der Waals surface area (Å²) in [4.78, 5) is 0.0184. The number of hydrogen-bond donors (Lipinski definition) is 1. The van der Waals surface area contributed by atoms with Crippen LogP contribution in [0.1, 0.15) is 42.5 Å². The normalized spacial score (nSPS) is 18.9. The fraction of sp³-hybridized carbons (Fsp3) is 0.600. The van der Waals surface area contributed by atoms with Gasteiger partial charge in [-0.15, -0.1) is 0 Å². The molecule has 112 valence electrons. The van der Waals surface area contributed by atoms with Crippen LogP contribution in [0.4, 0.5) is 0 Å². The highest BCUT2D eigenvalue weighted by atomic mass is 79.9. The van der Waals surface area contributed by atoms with E-state index >= 15 is 0 Å². The fourth-order valence-corrected chi connectivity index (χ4v) is 4.88. The van der Waals surface area contributed by atoms with Crippen LogP contribution in [-0.4, -0.2) is 20.7 Å². The van der Waals surface area contributed by atoms with E-state index in [1.54, 1.807) is 0 Å². The van der Waals surface area contributed by atoms with Gasteiger partial charge in [0, 0.05) is 6.54 Å². The first kappa shape index (κ1) is 16.0. The number of hydrogen-bond acceptors (Lipinski definition) is 2. The van der Waals surface area contributed by atoms with Gasteiger partial charge in [-0.2, -0.15) is 0 Å². The van der Waals surface area contributed by atoms with Gasteiger partial charge in [0.15, 0.2) is 0 Å². The Labute approximate surface area is 130 Å². The molecule has 1 N–H and O–H groups in total. The van der Waals surface area contributed by atoms with Crippen LogP contribution in [0, 0.1) is 5.92 Å². The maximum absolute atomic E-state index is 12.1. The van der Waals surface area contributed by atoms with Gasteiger partial charge < -0.3 is 0 Å². The second-order valence-corrected chi connectivity index (χ2v) is 8.47. The summed E-state index contributed by atoms with van der Waals surface area (Å²) < 4.78 is 26.9. The minimum atomic E-state index is -3.16. The third kappa shape index (κ3) is 5.19. The van der Waals surface area contributed by atoms with Crippen molar-refractivity contribution in [2.45, 2.75) is 36.9 Å². The highest BCUT2D eigenvalue weighted by Crippen LogP contribution is 2.25. The van der Waals surface area contributed by atoms with E-state index in [1.165, 1.54) is 19.3 Å². The Morgan fingerprint density at radius 1 is 1.15 bits per heavy atom. The van der Waals surface area contributed by atoms with Crippen LogP contribution >= 0.6 is 15.9 Å². The van der Waals surface area contributed by atoms with Crippen LogP contribution < -0.4 is 4.72 Å². The molecule has 0 aliphatic heterocycles. The van der Waals surface area contributed by atoms with Crippen LogP contribution in [0.5, 0.6) is 0 Å². The molecule has 1 saturated carbocycles. The van der Waals surface area contributed by atoms with Crippen molar-refractivity contribution in [3.63, 3.8) is 0 Å². The Bertz CT molecular complexity index is 498. The molecule has 1 aliphatic rings. The summed E-state index contributed by atoms with van der Waals surface area (Å²) in [5.74, 6) is 0.619. The van der Waals surface area contributed by atoms with Gasteiger partial charge in [-0.1, -0.05) is 65.5 Å². The van der Waals surface area contributed by atoms with Crippen molar-refractivity contribution in [2.24, 2.45) is 5.92 Å². The average molecular weight is 360 g/mol. The van der Waals surface area contributed by atoms with Crippen molar-refractivity contribution in [3.8, 4) is 0 Å². The van der Waals surface area contributed by atoms with E-state index in [1.807, 2.05) is 30.3 Å². The van der Waals surface area contributed by atoms with Crippen molar-refractivity contribution in [3.05, 3.63) is 35.9 Å². The molecule has 1 aromatic carbocycles. The van der Waals surface area contributed by atoms with E-state index in [-0.39, 0.29) is 10.6 Å². The highest BCUT2D eigenvalue weighted by Gasteiger charge is 2.21. The van der Waals surface area contributed by atoms with Crippen LogP contribution in [0.2, 0.25) is 0 Å². The van der Waals surface area contributed by atoms with Crippen molar-refractivity contribution < 1.29 is 8.42 Å². The van der Waals surface area contributed by atoms with Crippen LogP contribution in [0.15, 0.2) is 30.3 Å². The minimum absolute atomic E-state index is 0.0184. The molecular weight excluding hydrogens is 338 g/mol. The molecule has 5 heteroatoms. The van der Waals surface area contributed by atoms with Gasteiger partial charge in [0.1, 0.15) is 0 Å². The Balaban J connectivity index is 1.82. The predicted molar refractivity (Wildman–Crippen MR) is 86.5 cm³/mol. The van der Waals surface area contributed by atoms with E-state index in [2.05, 4.69) is 20.7 Å². The van der Waals surface area contributed by atoms with Crippen molar-refractivity contribution in [2.75, 3.05) is 12.3 Å². The summed E-state index contributed by atoms with van der Waals surface area (Å²) in [5, 5.41) is 0. The zero-order valence-corrected chi connectivity index (χ0v) is 14.0. The minimum Gasteiger partial charge on any atom is -0.214 e. The third-order valence-electron chi connectivity index (χ3n) is 3.82. The molecule has 0 radical (unpaired) electrons. The summed E-state index contributed by atoms with van der Waals surface area (Å²) in [7, 11) is -3.16. The number of rotatable bonds is 6. The summed E-state index contributed by atoms with van der Waals surface area (Å²) in [6.07, 6.45) is 5.70. The molecule has 1 fully saturated rings. The predicted octanol–water partition coefficient (Wildman–Crippen LogP) is 3.62. The summed E-state index contributed by atoms with van der Waals surface area (Å²) in [6, 6.07) is 9.86. The van der Waals surface area contributed by atoms with Crippen LogP contribution in [-0.2, 0) is 10.0 Å². The molecule has 3 nitrogen and oxygen atoms in total. The molecule has 1 unspecified atom stereocenters. The average Bonchev–Trinajstić information content (AvgIpc) is 2.46. The largest absolute Gasteiger partial charge is 0.214 e. The number of sulfonamides is 1. The Morgan fingerprint density at radius 2 is 1.80 bits per heavy atom. The molecular formula is C15H22BrNO2S.